The number of hydrogen-bond acceptors (Lipinski definition) is 4. The largest absolute Gasteiger partial charge is 0.341 e. The van der Waals surface area contributed by atoms with Gasteiger partial charge in [-0.2, -0.15) is 5.10 Å². The first-order valence-corrected chi connectivity index (χ1v) is 10.5. The Morgan fingerprint density at radius 3 is 2.67 bits per heavy atom. The maximum atomic E-state index is 13.1. The molecule has 27 heavy (non-hydrogen) atoms. The molecular formula is C20H26N4O2S. The summed E-state index contributed by atoms with van der Waals surface area (Å²) in [5, 5.41) is 5.22. The summed E-state index contributed by atoms with van der Waals surface area (Å²) >= 11 is 1.69. The standard InChI is InChI=1S/C20H26N4O2S/c1-5-23-16-7-14(4)27-19(16)15-8-21-24(20(26)18(15)23)11-17(25)22-9-12(2)6-13(3)10-22/h7-8,12-13H,5-6,9-11H2,1-4H3/t12-,13-/m1/s1. The van der Waals surface area contributed by atoms with Crippen LogP contribution in [0, 0.1) is 18.8 Å². The second-order valence-electron chi connectivity index (χ2n) is 7.93. The van der Waals surface area contributed by atoms with Gasteiger partial charge in [0.25, 0.3) is 5.56 Å². The number of carbonyl (C=O) groups excluding carboxylic acids is 1. The van der Waals surface area contributed by atoms with Gasteiger partial charge in [-0.15, -0.1) is 11.3 Å². The molecule has 144 valence electrons. The van der Waals surface area contributed by atoms with E-state index in [0.29, 0.717) is 23.9 Å². The fourth-order valence-corrected chi connectivity index (χ4v) is 5.48. The molecule has 1 fully saturated rings. The molecular weight excluding hydrogens is 360 g/mol. The fourth-order valence-electron chi connectivity index (χ4n) is 4.46. The van der Waals surface area contributed by atoms with E-state index in [9.17, 15) is 9.59 Å². The molecule has 0 aliphatic carbocycles. The Morgan fingerprint density at radius 2 is 2.00 bits per heavy atom. The van der Waals surface area contributed by atoms with Crippen LogP contribution in [0.4, 0.5) is 0 Å². The average Bonchev–Trinajstić information content (AvgIpc) is 3.11. The summed E-state index contributed by atoms with van der Waals surface area (Å²) in [7, 11) is 0. The van der Waals surface area contributed by atoms with Crippen LogP contribution in [-0.4, -0.2) is 38.2 Å². The number of nitrogens with zero attached hydrogens (tertiary/aromatic N) is 4. The summed E-state index contributed by atoms with van der Waals surface area (Å²) in [6.45, 7) is 10.7. The molecule has 4 heterocycles. The molecule has 3 aromatic rings. The molecule has 0 aromatic carbocycles. The van der Waals surface area contributed by atoms with Gasteiger partial charge in [-0.3, -0.25) is 9.59 Å². The van der Waals surface area contributed by atoms with E-state index in [-0.39, 0.29) is 18.0 Å². The number of fused-ring (bicyclic) bond motifs is 3. The van der Waals surface area contributed by atoms with Crippen molar-refractivity contribution >= 4 is 38.4 Å². The normalized spacial score (nSPS) is 20.7. The van der Waals surface area contributed by atoms with Gasteiger partial charge in [0.1, 0.15) is 12.1 Å². The number of aryl methyl sites for hydroxylation is 2. The molecule has 0 spiro atoms. The number of likely N-dealkylation sites (tertiary alicyclic amines) is 1. The molecule has 0 radical (unpaired) electrons. The van der Waals surface area contributed by atoms with E-state index < -0.39 is 0 Å². The predicted molar refractivity (Wildman–Crippen MR) is 109 cm³/mol. The van der Waals surface area contributed by atoms with Crippen LogP contribution in [-0.2, 0) is 17.9 Å². The molecule has 0 bridgehead atoms. The minimum atomic E-state index is -0.179. The van der Waals surface area contributed by atoms with Crippen LogP contribution in [0.1, 0.15) is 32.1 Å². The number of amides is 1. The van der Waals surface area contributed by atoms with Crippen LogP contribution in [0.3, 0.4) is 0 Å². The minimum Gasteiger partial charge on any atom is -0.341 e. The fraction of sp³-hybridized carbons (Fsp3) is 0.550. The van der Waals surface area contributed by atoms with Crippen molar-refractivity contribution in [3.63, 3.8) is 0 Å². The number of rotatable bonds is 3. The van der Waals surface area contributed by atoms with E-state index >= 15 is 0 Å². The smallest absolute Gasteiger partial charge is 0.291 e. The van der Waals surface area contributed by atoms with Crippen LogP contribution < -0.4 is 5.56 Å². The summed E-state index contributed by atoms with van der Waals surface area (Å²) in [4.78, 5) is 29.0. The zero-order valence-electron chi connectivity index (χ0n) is 16.4. The van der Waals surface area contributed by atoms with Crippen LogP contribution in [0.2, 0.25) is 0 Å². The molecule has 1 aliphatic heterocycles. The third-order valence-electron chi connectivity index (χ3n) is 5.48. The quantitative estimate of drug-likeness (QED) is 0.694. The third-order valence-corrected chi connectivity index (χ3v) is 6.56. The predicted octanol–water partition coefficient (Wildman–Crippen LogP) is 3.25. The Morgan fingerprint density at radius 1 is 1.30 bits per heavy atom. The molecule has 0 saturated carbocycles. The van der Waals surface area contributed by atoms with Gasteiger partial charge in [0.05, 0.1) is 16.4 Å². The average molecular weight is 387 g/mol. The molecule has 1 amide bonds. The molecule has 2 atom stereocenters. The summed E-state index contributed by atoms with van der Waals surface area (Å²) in [5.74, 6) is 0.976. The molecule has 3 aromatic heterocycles. The highest BCUT2D eigenvalue weighted by Crippen LogP contribution is 2.33. The van der Waals surface area contributed by atoms with Crippen molar-refractivity contribution in [2.24, 2.45) is 11.8 Å². The molecule has 0 unspecified atom stereocenters. The van der Waals surface area contributed by atoms with Gasteiger partial charge in [-0.1, -0.05) is 13.8 Å². The maximum Gasteiger partial charge on any atom is 0.291 e. The second kappa shape index (κ2) is 6.78. The van der Waals surface area contributed by atoms with Gasteiger partial charge in [-0.25, -0.2) is 4.68 Å². The Labute approximate surface area is 162 Å². The van der Waals surface area contributed by atoms with Crippen LogP contribution in [0.25, 0.3) is 21.1 Å². The zero-order chi connectivity index (χ0) is 19.3. The van der Waals surface area contributed by atoms with E-state index in [4.69, 9.17) is 0 Å². The number of thiophene rings is 1. The second-order valence-corrected chi connectivity index (χ2v) is 9.19. The summed E-state index contributed by atoms with van der Waals surface area (Å²) in [5.41, 5.74) is 1.56. The number of piperidine rings is 1. The van der Waals surface area contributed by atoms with Crippen molar-refractivity contribution in [2.45, 2.75) is 47.2 Å². The highest BCUT2D eigenvalue weighted by Gasteiger charge is 2.26. The van der Waals surface area contributed by atoms with Crippen LogP contribution >= 0.6 is 11.3 Å². The van der Waals surface area contributed by atoms with Crippen molar-refractivity contribution in [3.05, 3.63) is 27.5 Å². The monoisotopic (exact) mass is 386 g/mol. The van der Waals surface area contributed by atoms with Gasteiger partial charge in [-0.05, 0) is 38.2 Å². The number of carbonyl (C=O) groups is 1. The Kier molecular flexibility index (Phi) is 4.58. The SMILES string of the molecule is CCn1c2cc(C)sc2c2cnn(CC(=O)N3C[C@H](C)C[C@@H](C)C3)c(=O)c21. The molecule has 7 heteroatoms. The molecule has 4 rings (SSSR count). The van der Waals surface area contributed by atoms with Crippen molar-refractivity contribution < 1.29 is 4.79 Å². The van der Waals surface area contributed by atoms with Gasteiger partial charge in [0, 0.05) is 29.9 Å². The molecule has 1 saturated heterocycles. The first-order chi connectivity index (χ1) is 12.9. The lowest BCUT2D eigenvalue weighted by molar-refractivity contribution is -0.134. The van der Waals surface area contributed by atoms with Gasteiger partial charge >= 0.3 is 0 Å². The van der Waals surface area contributed by atoms with Crippen molar-refractivity contribution in [2.75, 3.05) is 13.1 Å². The zero-order valence-corrected chi connectivity index (χ0v) is 17.2. The van der Waals surface area contributed by atoms with Gasteiger partial charge in [0.15, 0.2) is 0 Å². The van der Waals surface area contributed by atoms with E-state index in [1.54, 1.807) is 17.5 Å². The summed E-state index contributed by atoms with van der Waals surface area (Å²) < 4.78 is 4.48. The highest BCUT2D eigenvalue weighted by atomic mass is 32.1. The van der Waals surface area contributed by atoms with E-state index in [1.165, 1.54) is 9.56 Å². The molecule has 6 nitrogen and oxygen atoms in total. The molecule has 0 N–H and O–H groups in total. The van der Waals surface area contributed by atoms with Crippen LogP contribution in [0.5, 0.6) is 0 Å². The summed E-state index contributed by atoms with van der Waals surface area (Å²) in [6, 6.07) is 2.12. The van der Waals surface area contributed by atoms with Crippen molar-refractivity contribution in [3.8, 4) is 0 Å². The minimum absolute atomic E-state index is 0.00971. The Bertz CT molecular complexity index is 1070. The topological polar surface area (TPSA) is 60.1 Å². The Balaban J connectivity index is 1.72. The van der Waals surface area contributed by atoms with Crippen LogP contribution in [0.15, 0.2) is 17.1 Å². The lowest BCUT2D eigenvalue weighted by Crippen LogP contribution is -2.45. The third kappa shape index (κ3) is 3.08. The van der Waals surface area contributed by atoms with E-state index in [1.807, 2.05) is 16.4 Å². The Hall–Kier alpha value is -2.15. The number of aromatic nitrogens is 3. The maximum absolute atomic E-state index is 13.1. The summed E-state index contributed by atoms with van der Waals surface area (Å²) in [6.07, 6.45) is 2.89. The van der Waals surface area contributed by atoms with Crippen molar-refractivity contribution in [1.82, 2.24) is 19.2 Å². The van der Waals surface area contributed by atoms with Gasteiger partial charge in [0.2, 0.25) is 5.91 Å². The van der Waals surface area contributed by atoms with E-state index in [0.717, 1.165) is 35.1 Å². The lowest BCUT2D eigenvalue weighted by atomic mass is 9.92. The lowest BCUT2D eigenvalue weighted by Gasteiger charge is -2.35. The van der Waals surface area contributed by atoms with E-state index in [2.05, 4.69) is 31.9 Å². The number of hydrogen-bond donors (Lipinski definition) is 0. The molecule has 1 aliphatic rings. The first-order valence-electron chi connectivity index (χ1n) is 9.65. The van der Waals surface area contributed by atoms with Gasteiger partial charge < -0.3 is 9.47 Å². The first kappa shape index (κ1) is 18.2. The highest BCUT2D eigenvalue weighted by molar-refractivity contribution is 7.20. The van der Waals surface area contributed by atoms with Crippen molar-refractivity contribution in [1.29, 1.82) is 0 Å².